The number of hydrogen-bond acceptors (Lipinski definition) is 4. The van der Waals surface area contributed by atoms with Crippen molar-refractivity contribution in [2.24, 2.45) is 5.14 Å². The molecule has 150 valence electrons. The molecule has 0 fully saturated rings. The average molecular weight is 402 g/mol. The van der Waals surface area contributed by atoms with Gasteiger partial charge in [0.25, 0.3) is 0 Å². The molecule has 3 N–H and O–H groups in total. The molecule has 3 rings (SSSR count). The van der Waals surface area contributed by atoms with Gasteiger partial charge in [0.1, 0.15) is 0 Å². The van der Waals surface area contributed by atoms with Gasteiger partial charge in [0.15, 0.2) is 0 Å². The second-order valence-electron chi connectivity index (χ2n) is 7.22. The summed E-state index contributed by atoms with van der Waals surface area (Å²) in [5.74, 6) is -0.0702. The maximum Gasteiger partial charge on any atom is 0.238 e. The quantitative estimate of drug-likeness (QED) is 0.740. The summed E-state index contributed by atoms with van der Waals surface area (Å²) in [5, 5.41) is 8.12. The summed E-state index contributed by atoms with van der Waals surface area (Å²) in [6.07, 6.45) is 2.21. The van der Waals surface area contributed by atoms with Crippen molar-refractivity contribution in [3.8, 4) is 0 Å². The van der Waals surface area contributed by atoms with Crippen LogP contribution in [0.4, 0.5) is 0 Å². The van der Waals surface area contributed by atoms with E-state index in [9.17, 15) is 13.2 Å². The van der Waals surface area contributed by atoms with Crippen LogP contribution in [0.2, 0.25) is 0 Å². The van der Waals surface area contributed by atoms with Gasteiger partial charge >= 0.3 is 0 Å². The fourth-order valence-electron chi connectivity index (χ4n) is 3.64. The molecule has 0 aliphatic carbocycles. The van der Waals surface area contributed by atoms with Crippen molar-refractivity contribution < 1.29 is 13.2 Å². The van der Waals surface area contributed by atoms with Crippen molar-refractivity contribution in [1.29, 1.82) is 0 Å². The van der Waals surface area contributed by atoms with Crippen molar-refractivity contribution in [2.75, 3.05) is 13.1 Å². The Kier molecular flexibility index (Phi) is 6.49. The van der Waals surface area contributed by atoms with Gasteiger partial charge < -0.3 is 5.32 Å². The van der Waals surface area contributed by atoms with Gasteiger partial charge in [-0.05, 0) is 41.7 Å². The van der Waals surface area contributed by atoms with Gasteiger partial charge in [-0.25, -0.2) is 13.6 Å². The fourth-order valence-corrected chi connectivity index (χ4v) is 4.15. The highest BCUT2D eigenvalue weighted by Gasteiger charge is 2.22. The van der Waals surface area contributed by atoms with Crippen molar-refractivity contribution in [2.45, 2.75) is 43.7 Å². The Morgan fingerprint density at radius 1 is 1.14 bits per heavy atom. The van der Waals surface area contributed by atoms with E-state index in [-0.39, 0.29) is 17.2 Å². The van der Waals surface area contributed by atoms with Crippen molar-refractivity contribution in [3.63, 3.8) is 0 Å². The monoisotopic (exact) mass is 401 g/mol. The van der Waals surface area contributed by atoms with Gasteiger partial charge in [-0.15, -0.1) is 0 Å². The Labute approximate surface area is 166 Å². The molecule has 0 saturated heterocycles. The molecular formula is C21H27N3O3S. The maximum absolute atomic E-state index is 12.3. The number of rotatable bonds is 7. The smallest absolute Gasteiger partial charge is 0.238 e. The van der Waals surface area contributed by atoms with Crippen LogP contribution in [-0.2, 0) is 34.2 Å². The maximum atomic E-state index is 12.3. The van der Waals surface area contributed by atoms with Crippen LogP contribution in [0.1, 0.15) is 30.0 Å². The van der Waals surface area contributed by atoms with E-state index in [1.54, 1.807) is 12.1 Å². The Bertz CT molecular complexity index is 926. The minimum Gasteiger partial charge on any atom is -0.354 e. The molecular weight excluding hydrogens is 374 g/mol. The number of nitrogens with zero attached hydrogens (tertiary/aromatic N) is 1. The van der Waals surface area contributed by atoms with Crippen LogP contribution in [0.3, 0.4) is 0 Å². The first-order valence-electron chi connectivity index (χ1n) is 9.56. The van der Waals surface area contributed by atoms with Gasteiger partial charge in [-0.1, -0.05) is 43.3 Å². The molecule has 1 aliphatic heterocycles. The van der Waals surface area contributed by atoms with Crippen LogP contribution >= 0.6 is 0 Å². The summed E-state index contributed by atoms with van der Waals surface area (Å²) in [7, 11) is -3.71. The van der Waals surface area contributed by atoms with Crippen molar-refractivity contribution in [1.82, 2.24) is 10.2 Å². The number of benzene rings is 2. The molecule has 0 bridgehead atoms. The number of fused-ring (bicyclic) bond motifs is 1. The van der Waals surface area contributed by atoms with Crippen LogP contribution in [-0.4, -0.2) is 38.4 Å². The molecule has 1 unspecified atom stereocenters. The van der Waals surface area contributed by atoms with E-state index in [4.69, 9.17) is 5.14 Å². The SMILES string of the molecule is CCC(CNC(=O)Cc1ccc(S(N)(=O)=O)cc1)N1CCc2ccccc2C1. The Balaban J connectivity index is 1.53. The summed E-state index contributed by atoms with van der Waals surface area (Å²) < 4.78 is 22.6. The molecule has 28 heavy (non-hydrogen) atoms. The summed E-state index contributed by atoms with van der Waals surface area (Å²) >= 11 is 0. The number of sulfonamides is 1. The van der Waals surface area contributed by atoms with E-state index in [0.29, 0.717) is 12.6 Å². The Morgan fingerprint density at radius 3 is 2.46 bits per heavy atom. The first kappa shape index (κ1) is 20.5. The lowest BCUT2D eigenvalue weighted by molar-refractivity contribution is -0.120. The summed E-state index contributed by atoms with van der Waals surface area (Å²) in [5.41, 5.74) is 3.54. The lowest BCUT2D eigenvalue weighted by Gasteiger charge is -2.35. The topological polar surface area (TPSA) is 92.5 Å². The van der Waals surface area contributed by atoms with E-state index in [2.05, 4.69) is 41.4 Å². The normalized spacial score (nSPS) is 15.6. The number of amides is 1. The van der Waals surface area contributed by atoms with Gasteiger partial charge in [-0.2, -0.15) is 0 Å². The van der Waals surface area contributed by atoms with Crippen LogP contribution in [0.5, 0.6) is 0 Å². The van der Waals surface area contributed by atoms with E-state index < -0.39 is 10.0 Å². The zero-order valence-corrected chi connectivity index (χ0v) is 16.9. The molecule has 0 aromatic heterocycles. The minimum atomic E-state index is -3.71. The lowest BCUT2D eigenvalue weighted by Crippen LogP contribution is -2.46. The molecule has 7 heteroatoms. The van der Waals surface area contributed by atoms with E-state index in [1.165, 1.54) is 23.3 Å². The third-order valence-corrected chi connectivity index (χ3v) is 6.23. The largest absolute Gasteiger partial charge is 0.354 e. The van der Waals surface area contributed by atoms with Crippen LogP contribution in [0, 0.1) is 0 Å². The Morgan fingerprint density at radius 2 is 1.82 bits per heavy atom. The van der Waals surface area contributed by atoms with Crippen LogP contribution in [0.15, 0.2) is 53.4 Å². The summed E-state index contributed by atoms with van der Waals surface area (Å²) in [6.45, 7) is 4.66. The average Bonchev–Trinajstić information content (AvgIpc) is 2.68. The highest BCUT2D eigenvalue weighted by Crippen LogP contribution is 2.21. The molecule has 1 heterocycles. The van der Waals surface area contributed by atoms with Crippen LogP contribution in [0.25, 0.3) is 0 Å². The van der Waals surface area contributed by atoms with Crippen molar-refractivity contribution in [3.05, 3.63) is 65.2 Å². The van der Waals surface area contributed by atoms with Gasteiger partial charge in [-0.3, -0.25) is 9.69 Å². The zero-order valence-electron chi connectivity index (χ0n) is 16.1. The predicted octanol–water partition coefficient (Wildman–Crippen LogP) is 1.83. The predicted molar refractivity (Wildman–Crippen MR) is 109 cm³/mol. The number of nitrogens with two attached hydrogens (primary N) is 1. The van der Waals surface area contributed by atoms with E-state index >= 15 is 0 Å². The Hall–Kier alpha value is -2.22. The van der Waals surface area contributed by atoms with Gasteiger partial charge in [0.05, 0.1) is 11.3 Å². The van der Waals surface area contributed by atoms with Crippen molar-refractivity contribution >= 4 is 15.9 Å². The molecule has 0 radical (unpaired) electrons. The molecule has 6 nitrogen and oxygen atoms in total. The second-order valence-corrected chi connectivity index (χ2v) is 8.78. The molecule has 1 aliphatic rings. The molecule has 1 atom stereocenters. The third kappa shape index (κ3) is 5.19. The second kappa shape index (κ2) is 8.86. The lowest BCUT2D eigenvalue weighted by atomic mass is 9.98. The fraction of sp³-hybridized carbons (Fsp3) is 0.381. The first-order chi connectivity index (χ1) is 13.4. The number of carbonyl (C=O) groups is 1. The molecule has 0 spiro atoms. The number of nitrogens with one attached hydrogen (secondary N) is 1. The number of carbonyl (C=O) groups excluding carboxylic acids is 1. The van der Waals surface area contributed by atoms with E-state index in [0.717, 1.165) is 31.5 Å². The highest BCUT2D eigenvalue weighted by atomic mass is 32.2. The standard InChI is InChI=1S/C21H27N3O3S/c1-2-19(24-12-11-17-5-3-4-6-18(17)15-24)14-23-21(25)13-16-7-9-20(10-8-16)28(22,26)27/h3-10,19H,2,11-15H2,1H3,(H,23,25)(H2,22,26,27). The third-order valence-electron chi connectivity index (χ3n) is 5.30. The summed E-state index contributed by atoms with van der Waals surface area (Å²) in [6, 6.07) is 14.9. The highest BCUT2D eigenvalue weighted by molar-refractivity contribution is 7.89. The molecule has 2 aromatic carbocycles. The molecule has 1 amide bonds. The van der Waals surface area contributed by atoms with Gasteiger partial charge in [0, 0.05) is 25.7 Å². The van der Waals surface area contributed by atoms with E-state index in [1.807, 2.05) is 0 Å². The van der Waals surface area contributed by atoms with Crippen LogP contribution < -0.4 is 10.5 Å². The molecule has 0 saturated carbocycles. The summed E-state index contributed by atoms with van der Waals surface area (Å²) in [4.78, 5) is 14.8. The molecule has 2 aromatic rings. The van der Waals surface area contributed by atoms with Gasteiger partial charge in [0.2, 0.25) is 15.9 Å². The minimum absolute atomic E-state index is 0.0492. The zero-order chi connectivity index (χ0) is 20.1. The number of primary sulfonamides is 1. The number of hydrogen-bond donors (Lipinski definition) is 2. The first-order valence-corrected chi connectivity index (χ1v) is 11.1.